The van der Waals surface area contributed by atoms with Crippen molar-refractivity contribution in [2.45, 2.75) is 24.9 Å². The van der Waals surface area contributed by atoms with Gasteiger partial charge in [0.05, 0.1) is 18.3 Å². The Morgan fingerprint density at radius 3 is 2.31 bits per heavy atom. The van der Waals surface area contributed by atoms with Gasteiger partial charge in [0, 0.05) is 19.2 Å². The molecule has 17 nitrogen and oxygen atoms in total. The number of aliphatic hydroxyl groups excluding tert-OH is 1. The van der Waals surface area contributed by atoms with E-state index in [1.165, 1.54) is 12.2 Å². The second-order valence-corrected chi connectivity index (χ2v) is 10.4. The molecule has 0 radical (unpaired) electrons. The Balaban J connectivity index is 0. The number of hydrogen-bond donors (Lipinski definition) is 4. The Labute approximate surface area is 263 Å². The molecule has 182 valence electrons. The summed E-state index contributed by atoms with van der Waals surface area (Å²) in [7, 11) is -17.7. The molecular formula is C12H17N3Na3O14P3. The van der Waals surface area contributed by atoms with E-state index >= 15 is 0 Å². The number of H-pyrrole nitrogens is 1. The Hall–Kier alpha value is 1.71. The van der Waals surface area contributed by atoms with Crippen molar-refractivity contribution in [3.63, 3.8) is 0 Å². The molecule has 1 aliphatic heterocycles. The van der Waals surface area contributed by atoms with Gasteiger partial charge in [-0.3, -0.25) is 28.0 Å². The standard InChI is InChI=1S/C12H20N3O14P3.3Na/c13-3-1-2-7-5-15(12(18)14-11(7)17)10-4-8(16)9(27-10)6-26-31(22,23)29-32(24,25)28-30(19,20)21;;;/h1-2,5,8-10,16H,3-4,6,13H2,(H,22,23)(H,24,25)(H,14,17,18)(H2,19,20,21);;;/q;3*+1/p-3/b2-1+;;;/t8-,9+,10+;;;/m0.../s1. The number of rotatable bonds is 10. The zero-order valence-electron chi connectivity index (χ0n) is 18.7. The average molecular weight is 589 g/mol. The zero-order chi connectivity index (χ0) is 24.3. The number of aromatic nitrogens is 2. The minimum absolute atomic E-state index is 0. The maximum atomic E-state index is 12.1. The van der Waals surface area contributed by atoms with E-state index in [0.29, 0.717) is 0 Å². The van der Waals surface area contributed by atoms with Crippen molar-refractivity contribution >= 4 is 29.5 Å². The first-order chi connectivity index (χ1) is 14.6. The van der Waals surface area contributed by atoms with Crippen molar-refractivity contribution in [2.75, 3.05) is 13.2 Å². The number of aliphatic hydroxyl groups is 1. The minimum Gasteiger partial charge on any atom is -0.756 e. The molecule has 23 heteroatoms. The molecule has 0 saturated carbocycles. The third-order valence-corrected chi connectivity index (χ3v) is 7.43. The maximum absolute atomic E-state index is 12.1. The van der Waals surface area contributed by atoms with Crippen LogP contribution in [0.2, 0.25) is 0 Å². The molecule has 1 aromatic rings. The predicted molar refractivity (Wildman–Crippen MR) is 97.1 cm³/mol. The van der Waals surface area contributed by atoms with E-state index in [1.54, 1.807) is 0 Å². The van der Waals surface area contributed by atoms with E-state index in [-0.39, 0.29) is 107 Å². The molecule has 1 fully saturated rings. The largest absolute Gasteiger partial charge is 1.00 e. The summed E-state index contributed by atoms with van der Waals surface area (Å²) in [5.41, 5.74) is 3.73. The monoisotopic (exact) mass is 589 g/mol. The number of phosphoric ester groups is 1. The normalized spacial score (nSPS) is 24.8. The second kappa shape index (κ2) is 16.1. The molecule has 6 atom stereocenters. The van der Waals surface area contributed by atoms with Gasteiger partial charge in [0.2, 0.25) is 0 Å². The molecule has 0 bridgehead atoms. The van der Waals surface area contributed by atoms with Crippen LogP contribution in [0.5, 0.6) is 0 Å². The molecule has 2 heterocycles. The number of phosphoric acid groups is 3. The van der Waals surface area contributed by atoms with Crippen LogP contribution in [0.4, 0.5) is 0 Å². The van der Waals surface area contributed by atoms with Crippen molar-refractivity contribution in [1.82, 2.24) is 9.55 Å². The number of nitrogens with two attached hydrogens (primary N) is 1. The van der Waals surface area contributed by atoms with Crippen molar-refractivity contribution in [3.8, 4) is 0 Å². The molecule has 0 aliphatic carbocycles. The van der Waals surface area contributed by atoms with Gasteiger partial charge in [-0.15, -0.1) is 0 Å². The van der Waals surface area contributed by atoms with Gasteiger partial charge in [-0.1, -0.05) is 12.2 Å². The molecule has 35 heavy (non-hydrogen) atoms. The van der Waals surface area contributed by atoms with Crippen molar-refractivity contribution in [1.29, 1.82) is 0 Å². The summed E-state index contributed by atoms with van der Waals surface area (Å²) in [6.07, 6.45) is -0.349. The molecule has 2 rings (SSSR count). The molecule has 0 spiro atoms. The fourth-order valence-corrected chi connectivity index (χ4v) is 5.41. The van der Waals surface area contributed by atoms with Crippen molar-refractivity contribution in [3.05, 3.63) is 38.7 Å². The van der Waals surface area contributed by atoms with Crippen LogP contribution in [0.3, 0.4) is 0 Å². The second-order valence-electron chi connectivity index (χ2n) is 6.14. The van der Waals surface area contributed by atoms with Crippen LogP contribution in [0.1, 0.15) is 18.2 Å². The van der Waals surface area contributed by atoms with Crippen molar-refractivity contribution in [2.24, 2.45) is 5.73 Å². The van der Waals surface area contributed by atoms with Gasteiger partial charge < -0.3 is 39.7 Å². The van der Waals surface area contributed by atoms with Gasteiger partial charge in [0.1, 0.15) is 12.3 Å². The van der Waals surface area contributed by atoms with Crippen molar-refractivity contribution < 1.29 is 145 Å². The Bertz CT molecular complexity index is 1120. The van der Waals surface area contributed by atoms with Gasteiger partial charge >= 0.3 is 94.4 Å². The maximum Gasteiger partial charge on any atom is 1.00 e. The Morgan fingerprint density at radius 2 is 1.77 bits per heavy atom. The topological polar surface area (TPSA) is 279 Å². The average Bonchev–Trinajstić information content (AvgIpc) is 2.97. The number of nitrogens with one attached hydrogen (secondary N) is 1. The van der Waals surface area contributed by atoms with Gasteiger partial charge in [0.15, 0.2) is 0 Å². The molecule has 1 aliphatic rings. The van der Waals surface area contributed by atoms with Crippen LogP contribution in [0.15, 0.2) is 21.9 Å². The fraction of sp³-hybridized carbons (Fsp3) is 0.500. The van der Waals surface area contributed by atoms with Crippen LogP contribution >= 0.6 is 23.5 Å². The van der Waals surface area contributed by atoms with Crippen LogP contribution < -0.4 is 120 Å². The number of nitrogens with zero attached hydrogens (tertiary/aromatic N) is 1. The summed E-state index contributed by atoms with van der Waals surface area (Å²) in [4.78, 5) is 67.4. The van der Waals surface area contributed by atoms with Gasteiger partial charge in [-0.2, -0.15) is 0 Å². The summed E-state index contributed by atoms with van der Waals surface area (Å²) in [6, 6.07) is 0. The third-order valence-electron chi connectivity index (χ3n) is 3.74. The molecule has 3 unspecified atom stereocenters. The number of hydrogen-bond acceptors (Lipinski definition) is 14. The van der Waals surface area contributed by atoms with E-state index in [9.17, 15) is 43.1 Å². The SMILES string of the molecule is NC/C=C/c1cn([C@H]2C[C@H](O)[C@@H](COP(=O)([O-])OP(=O)([O-])OP(=O)([O-])O)O2)c(=O)[nH]c1=O.[Na+].[Na+].[Na+]. The molecule has 0 amide bonds. The number of ether oxygens (including phenoxy) is 1. The Morgan fingerprint density at radius 1 is 1.17 bits per heavy atom. The quantitative estimate of drug-likeness (QED) is 0.146. The van der Waals surface area contributed by atoms with E-state index in [0.717, 1.165) is 10.8 Å². The first-order valence-corrected chi connectivity index (χ1v) is 12.8. The van der Waals surface area contributed by atoms with Crippen LogP contribution in [-0.4, -0.2) is 44.9 Å². The van der Waals surface area contributed by atoms with Gasteiger partial charge in [0.25, 0.3) is 29.0 Å². The first kappa shape index (κ1) is 38.9. The molecule has 1 saturated heterocycles. The summed E-state index contributed by atoms with van der Waals surface area (Å²) < 4.78 is 50.2. The predicted octanol–water partition coefficient (Wildman–Crippen LogP) is -12.4. The zero-order valence-corrected chi connectivity index (χ0v) is 27.4. The summed E-state index contributed by atoms with van der Waals surface area (Å²) in [5, 5.41) is 10.1. The summed E-state index contributed by atoms with van der Waals surface area (Å²) in [5.74, 6) is 0. The molecule has 5 N–H and O–H groups in total. The number of aromatic amines is 1. The fourth-order valence-electron chi connectivity index (χ4n) is 2.52. The third kappa shape index (κ3) is 13.1. The van der Waals surface area contributed by atoms with E-state index in [1.807, 2.05) is 4.98 Å². The first-order valence-electron chi connectivity index (χ1n) is 8.41. The Kier molecular flexibility index (Phi) is 17.9. The van der Waals surface area contributed by atoms with E-state index < -0.39 is 59.8 Å². The van der Waals surface area contributed by atoms with Crippen LogP contribution in [0.25, 0.3) is 6.08 Å². The minimum atomic E-state index is -6.07. The van der Waals surface area contributed by atoms with Gasteiger partial charge in [-0.05, 0) is 0 Å². The molecular weight excluding hydrogens is 572 g/mol. The van der Waals surface area contributed by atoms with E-state index in [2.05, 4.69) is 13.1 Å². The van der Waals surface area contributed by atoms with Crippen LogP contribution in [-0.2, 0) is 31.6 Å². The smallest absolute Gasteiger partial charge is 0.756 e. The van der Waals surface area contributed by atoms with E-state index in [4.69, 9.17) is 15.4 Å². The van der Waals surface area contributed by atoms with Gasteiger partial charge in [-0.25, -0.2) is 13.4 Å². The van der Waals surface area contributed by atoms with Crippen LogP contribution in [0, 0.1) is 0 Å². The molecule has 1 aromatic heterocycles. The summed E-state index contributed by atoms with van der Waals surface area (Å²) in [6.45, 7) is -0.898. The molecule has 0 aromatic carbocycles. The summed E-state index contributed by atoms with van der Waals surface area (Å²) >= 11 is 0.